The highest BCUT2D eigenvalue weighted by atomic mass is 16.4. The molecule has 96 valence electrons. The minimum Gasteiger partial charge on any atom is -0.481 e. The number of amides is 2. The van der Waals surface area contributed by atoms with E-state index in [2.05, 4.69) is 0 Å². The molecule has 2 fully saturated rings. The molecule has 0 radical (unpaired) electrons. The Morgan fingerprint density at radius 1 is 1.18 bits per heavy atom. The third-order valence-corrected chi connectivity index (χ3v) is 4.04. The average Bonchev–Trinajstić information content (AvgIpc) is 2.25. The predicted octanol–water partition coefficient (Wildman–Crippen LogP) is 1.39. The summed E-state index contributed by atoms with van der Waals surface area (Å²) in [5.41, 5.74) is 0. The van der Waals surface area contributed by atoms with Gasteiger partial charge in [0.05, 0.1) is 5.92 Å². The smallest absolute Gasteiger partial charge is 0.319 e. The zero-order valence-electron chi connectivity index (χ0n) is 10.3. The predicted molar refractivity (Wildman–Crippen MR) is 62.7 cm³/mol. The van der Waals surface area contributed by atoms with Gasteiger partial charge in [-0.25, -0.2) is 4.79 Å². The van der Waals surface area contributed by atoms with E-state index in [4.69, 9.17) is 5.11 Å². The number of piperidine rings is 1. The number of hydrogen-bond acceptors (Lipinski definition) is 2. The van der Waals surface area contributed by atoms with Gasteiger partial charge in [-0.3, -0.25) is 4.79 Å². The Bertz CT molecular complexity index is 307. The van der Waals surface area contributed by atoms with Crippen LogP contribution in [0.4, 0.5) is 4.79 Å². The fraction of sp³-hybridized carbons (Fsp3) is 0.833. The lowest BCUT2D eigenvalue weighted by atomic mass is 9.92. The van der Waals surface area contributed by atoms with E-state index in [-0.39, 0.29) is 11.9 Å². The van der Waals surface area contributed by atoms with Crippen LogP contribution in [0.25, 0.3) is 0 Å². The summed E-state index contributed by atoms with van der Waals surface area (Å²) in [5.74, 6) is -1.00. The normalized spacial score (nSPS) is 22.1. The highest BCUT2D eigenvalue weighted by Gasteiger charge is 2.32. The Labute approximate surface area is 101 Å². The lowest BCUT2D eigenvalue weighted by Gasteiger charge is -2.39. The van der Waals surface area contributed by atoms with Crippen LogP contribution >= 0.6 is 0 Å². The summed E-state index contributed by atoms with van der Waals surface area (Å²) in [6, 6.07) is 0.471. The van der Waals surface area contributed by atoms with Gasteiger partial charge in [0.1, 0.15) is 0 Å². The molecular weight excluding hydrogens is 220 g/mol. The van der Waals surface area contributed by atoms with E-state index in [1.54, 1.807) is 4.90 Å². The van der Waals surface area contributed by atoms with Crippen molar-refractivity contribution in [3.63, 3.8) is 0 Å². The molecule has 0 aromatic rings. The second kappa shape index (κ2) is 4.94. The molecule has 5 heteroatoms. The van der Waals surface area contributed by atoms with Crippen LogP contribution in [0.3, 0.4) is 0 Å². The molecule has 0 spiro atoms. The third-order valence-electron chi connectivity index (χ3n) is 4.04. The molecule has 1 aliphatic heterocycles. The summed E-state index contributed by atoms with van der Waals surface area (Å²) in [5, 5.41) is 8.89. The molecule has 17 heavy (non-hydrogen) atoms. The molecular formula is C12H20N2O3. The molecule has 1 N–H and O–H groups in total. The molecule has 1 saturated heterocycles. The van der Waals surface area contributed by atoms with Gasteiger partial charge in [-0.1, -0.05) is 0 Å². The van der Waals surface area contributed by atoms with Crippen LogP contribution in [0.15, 0.2) is 0 Å². The highest BCUT2D eigenvalue weighted by Crippen LogP contribution is 2.25. The topological polar surface area (TPSA) is 60.9 Å². The fourth-order valence-corrected chi connectivity index (χ4v) is 2.47. The SMILES string of the molecule is CN(C(=O)N1CCC(C(=O)O)CC1)C1CCC1. The molecule has 0 atom stereocenters. The van der Waals surface area contributed by atoms with Crippen molar-refractivity contribution in [3.8, 4) is 0 Å². The van der Waals surface area contributed by atoms with Crippen molar-refractivity contribution >= 4 is 12.0 Å². The van der Waals surface area contributed by atoms with Gasteiger partial charge in [0, 0.05) is 26.2 Å². The largest absolute Gasteiger partial charge is 0.481 e. The third kappa shape index (κ3) is 2.53. The second-order valence-electron chi connectivity index (χ2n) is 5.08. The quantitative estimate of drug-likeness (QED) is 0.793. The molecule has 1 aliphatic carbocycles. The molecule has 0 aromatic heterocycles. The van der Waals surface area contributed by atoms with Crippen molar-refractivity contribution in [2.45, 2.75) is 38.1 Å². The van der Waals surface area contributed by atoms with Gasteiger partial charge in [0.2, 0.25) is 0 Å². The number of carbonyl (C=O) groups is 2. The average molecular weight is 240 g/mol. The number of hydrogen-bond donors (Lipinski definition) is 1. The number of carbonyl (C=O) groups excluding carboxylic acids is 1. The number of likely N-dealkylation sites (tertiary alicyclic amines) is 1. The molecule has 0 unspecified atom stereocenters. The number of rotatable bonds is 2. The number of carboxylic acid groups (broad SMARTS) is 1. The van der Waals surface area contributed by atoms with E-state index < -0.39 is 5.97 Å². The van der Waals surface area contributed by atoms with Crippen LogP contribution in [0.2, 0.25) is 0 Å². The minimum absolute atomic E-state index is 0.0681. The lowest BCUT2D eigenvalue weighted by molar-refractivity contribution is -0.143. The molecule has 2 rings (SSSR count). The van der Waals surface area contributed by atoms with E-state index in [1.165, 1.54) is 6.42 Å². The standard InChI is InChI=1S/C12H20N2O3/c1-13(10-3-2-4-10)12(17)14-7-5-9(6-8-14)11(15)16/h9-10H,2-8H2,1H3,(H,15,16). The Balaban J connectivity index is 1.83. The van der Waals surface area contributed by atoms with Crippen LogP contribution < -0.4 is 0 Å². The Kier molecular flexibility index (Phi) is 3.54. The fourth-order valence-electron chi connectivity index (χ4n) is 2.47. The van der Waals surface area contributed by atoms with Crippen LogP contribution in [0, 0.1) is 5.92 Å². The first-order valence-corrected chi connectivity index (χ1v) is 6.34. The van der Waals surface area contributed by atoms with Gasteiger partial charge in [-0.2, -0.15) is 0 Å². The van der Waals surface area contributed by atoms with Crippen molar-refractivity contribution in [1.29, 1.82) is 0 Å². The maximum absolute atomic E-state index is 12.1. The van der Waals surface area contributed by atoms with E-state index in [0.717, 1.165) is 12.8 Å². The van der Waals surface area contributed by atoms with E-state index in [1.807, 2.05) is 11.9 Å². The summed E-state index contributed by atoms with van der Waals surface area (Å²) >= 11 is 0. The Hall–Kier alpha value is -1.26. The highest BCUT2D eigenvalue weighted by molar-refractivity contribution is 5.75. The Morgan fingerprint density at radius 2 is 1.76 bits per heavy atom. The second-order valence-corrected chi connectivity index (χ2v) is 5.08. The van der Waals surface area contributed by atoms with Gasteiger partial charge < -0.3 is 14.9 Å². The van der Waals surface area contributed by atoms with Gasteiger partial charge in [-0.15, -0.1) is 0 Å². The summed E-state index contributed by atoms with van der Waals surface area (Å²) < 4.78 is 0. The van der Waals surface area contributed by atoms with Crippen molar-refractivity contribution in [2.24, 2.45) is 5.92 Å². The van der Waals surface area contributed by atoms with Crippen LogP contribution in [0.1, 0.15) is 32.1 Å². The molecule has 0 bridgehead atoms. The maximum atomic E-state index is 12.1. The van der Waals surface area contributed by atoms with Crippen molar-refractivity contribution in [1.82, 2.24) is 9.80 Å². The number of urea groups is 1. The first-order chi connectivity index (χ1) is 8.09. The monoisotopic (exact) mass is 240 g/mol. The van der Waals surface area contributed by atoms with Gasteiger partial charge in [0.15, 0.2) is 0 Å². The maximum Gasteiger partial charge on any atom is 0.319 e. The molecule has 0 aromatic carbocycles. The van der Waals surface area contributed by atoms with Crippen molar-refractivity contribution < 1.29 is 14.7 Å². The molecule has 5 nitrogen and oxygen atoms in total. The first-order valence-electron chi connectivity index (χ1n) is 6.34. The summed E-state index contributed by atoms with van der Waals surface area (Å²) in [6.45, 7) is 1.15. The summed E-state index contributed by atoms with van der Waals surface area (Å²) in [6.07, 6.45) is 4.59. The van der Waals surface area contributed by atoms with Crippen molar-refractivity contribution in [3.05, 3.63) is 0 Å². The molecule has 1 saturated carbocycles. The van der Waals surface area contributed by atoms with Crippen molar-refractivity contribution in [2.75, 3.05) is 20.1 Å². The zero-order chi connectivity index (χ0) is 12.4. The Morgan fingerprint density at radius 3 is 2.18 bits per heavy atom. The van der Waals surface area contributed by atoms with Gasteiger partial charge >= 0.3 is 12.0 Å². The molecule has 1 heterocycles. The minimum atomic E-state index is -0.732. The van der Waals surface area contributed by atoms with Crippen LogP contribution in [0.5, 0.6) is 0 Å². The van der Waals surface area contributed by atoms with Crippen LogP contribution in [-0.2, 0) is 4.79 Å². The van der Waals surface area contributed by atoms with E-state index in [0.29, 0.717) is 32.0 Å². The summed E-state index contributed by atoms with van der Waals surface area (Å²) in [4.78, 5) is 26.5. The summed E-state index contributed by atoms with van der Waals surface area (Å²) in [7, 11) is 1.86. The van der Waals surface area contributed by atoms with Gasteiger partial charge in [0.25, 0.3) is 0 Å². The molecule has 2 amide bonds. The molecule has 2 aliphatic rings. The number of aliphatic carboxylic acids is 1. The lowest BCUT2D eigenvalue weighted by Crippen LogP contribution is -2.51. The van der Waals surface area contributed by atoms with E-state index in [9.17, 15) is 9.59 Å². The number of carboxylic acids is 1. The zero-order valence-corrected chi connectivity index (χ0v) is 10.3. The van der Waals surface area contributed by atoms with Gasteiger partial charge in [-0.05, 0) is 32.1 Å². The van der Waals surface area contributed by atoms with Crippen LogP contribution in [-0.4, -0.2) is 53.1 Å². The first kappa shape index (κ1) is 12.2. The van der Waals surface area contributed by atoms with E-state index >= 15 is 0 Å². The number of nitrogens with zero attached hydrogens (tertiary/aromatic N) is 2.